The van der Waals surface area contributed by atoms with Gasteiger partial charge in [-0.15, -0.1) is 13.2 Å². The van der Waals surface area contributed by atoms with E-state index in [-0.39, 0.29) is 36.6 Å². The monoisotopic (exact) mass is 435 g/mol. The van der Waals surface area contributed by atoms with E-state index in [0.717, 1.165) is 12.1 Å². The van der Waals surface area contributed by atoms with Crippen LogP contribution in [0, 0.1) is 0 Å². The number of carbonyl (C=O) groups excluding carboxylic acids is 3. The lowest BCUT2D eigenvalue weighted by Gasteiger charge is -2.19. The summed E-state index contributed by atoms with van der Waals surface area (Å²) in [4.78, 5) is 39.7. The van der Waals surface area contributed by atoms with Crippen LogP contribution in [0.2, 0.25) is 0 Å². The van der Waals surface area contributed by atoms with E-state index < -0.39 is 6.36 Å². The molecular weight excluding hydrogens is 415 g/mol. The van der Waals surface area contributed by atoms with Crippen molar-refractivity contribution in [1.29, 1.82) is 0 Å². The molecule has 1 aliphatic heterocycles. The number of nitrogens with zero attached hydrogens (tertiary/aromatic N) is 2. The summed E-state index contributed by atoms with van der Waals surface area (Å²) in [7, 11) is 1.71. The van der Waals surface area contributed by atoms with Crippen LogP contribution in [0.4, 0.5) is 18.9 Å². The molecule has 0 aromatic heterocycles. The van der Waals surface area contributed by atoms with Crippen LogP contribution in [0.25, 0.3) is 0 Å². The summed E-state index contributed by atoms with van der Waals surface area (Å²) in [6.45, 7) is 0.723. The highest BCUT2D eigenvalue weighted by molar-refractivity contribution is 6.21. The minimum absolute atomic E-state index is 0.0307. The maximum absolute atomic E-state index is 12.3. The average molecular weight is 435 g/mol. The molecule has 0 spiro atoms. The van der Waals surface area contributed by atoms with Crippen LogP contribution in [0.3, 0.4) is 0 Å². The molecule has 0 saturated carbocycles. The van der Waals surface area contributed by atoms with Gasteiger partial charge in [-0.1, -0.05) is 12.1 Å². The highest BCUT2D eigenvalue weighted by Crippen LogP contribution is 2.24. The molecule has 0 unspecified atom stereocenters. The van der Waals surface area contributed by atoms with E-state index in [0.29, 0.717) is 29.8 Å². The zero-order valence-corrected chi connectivity index (χ0v) is 16.6. The van der Waals surface area contributed by atoms with Gasteiger partial charge in [0.05, 0.1) is 17.7 Å². The summed E-state index contributed by atoms with van der Waals surface area (Å²) in [6.07, 6.45) is -4.29. The lowest BCUT2D eigenvalue weighted by atomic mass is 10.1. The van der Waals surface area contributed by atoms with Gasteiger partial charge in [-0.2, -0.15) is 0 Å². The third-order valence-corrected chi connectivity index (χ3v) is 4.58. The first-order valence-electron chi connectivity index (χ1n) is 9.43. The van der Waals surface area contributed by atoms with Crippen LogP contribution in [0.15, 0.2) is 48.5 Å². The molecule has 0 bridgehead atoms. The Morgan fingerprint density at radius 2 is 1.61 bits per heavy atom. The van der Waals surface area contributed by atoms with Crippen LogP contribution in [-0.4, -0.2) is 60.6 Å². The van der Waals surface area contributed by atoms with Gasteiger partial charge in [0.2, 0.25) is 5.91 Å². The number of amides is 3. The van der Waals surface area contributed by atoms with Crippen LogP contribution >= 0.6 is 0 Å². The van der Waals surface area contributed by atoms with Crippen molar-refractivity contribution < 1.29 is 32.3 Å². The predicted octanol–water partition coefficient (Wildman–Crippen LogP) is 3.14. The van der Waals surface area contributed by atoms with Crippen molar-refractivity contribution in [2.75, 3.05) is 32.0 Å². The second kappa shape index (κ2) is 9.17. The Bertz CT molecular complexity index is 942. The number of fused-ring (bicyclic) bond motifs is 1. The fourth-order valence-electron chi connectivity index (χ4n) is 3.21. The minimum Gasteiger partial charge on any atom is -0.406 e. The summed E-state index contributed by atoms with van der Waals surface area (Å²) < 4.78 is 40.3. The second-order valence-corrected chi connectivity index (χ2v) is 7.02. The molecule has 1 N–H and O–H groups in total. The van der Waals surface area contributed by atoms with E-state index in [1.807, 2.05) is 0 Å². The van der Waals surface area contributed by atoms with E-state index in [9.17, 15) is 27.6 Å². The molecule has 7 nitrogen and oxygen atoms in total. The predicted molar refractivity (Wildman–Crippen MR) is 106 cm³/mol. The first-order valence-corrected chi connectivity index (χ1v) is 9.43. The molecule has 31 heavy (non-hydrogen) atoms. The lowest BCUT2D eigenvalue weighted by Crippen LogP contribution is -2.35. The van der Waals surface area contributed by atoms with Gasteiger partial charge < -0.3 is 10.1 Å². The Balaban J connectivity index is 1.42. The van der Waals surface area contributed by atoms with Crippen molar-refractivity contribution in [3.63, 3.8) is 0 Å². The normalized spacial score (nSPS) is 13.5. The van der Waals surface area contributed by atoms with E-state index in [1.165, 1.54) is 17.0 Å². The summed E-state index contributed by atoms with van der Waals surface area (Å²) in [5.41, 5.74) is 1.12. The Labute approximate surface area is 176 Å². The number of alkyl halides is 3. The van der Waals surface area contributed by atoms with Crippen molar-refractivity contribution in [2.45, 2.75) is 12.8 Å². The maximum Gasteiger partial charge on any atom is 0.573 e. The number of halogens is 3. The number of imide groups is 1. The van der Waals surface area contributed by atoms with Crippen LogP contribution in [0.1, 0.15) is 27.1 Å². The topological polar surface area (TPSA) is 79.0 Å². The number of likely N-dealkylation sites (N-methyl/N-ethyl adjacent to an activating group) is 1. The van der Waals surface area contributed by atoms with Crippen LogP contribution in [-0.2, 0) is 4.79 Å². The summed E-state index contributed by atoms with van der Waals surface area (Å²) in [6, 6.07) is 11.5. The number of hydrogen-bond donors (Lipinski definition) is 1. The van der Waals surface area contributed by atoms with Gasteiger partial charge in [0.15, 0.2) is 0 Å². The molecule has 1 aliphatic rings. The SMILES string of the molecule is CN(CCCN1C(=O)c2ccccc2C1=O)CC(=O)Nc1ccc(OC(F)(F)F)cc1. The zero-order chi connectivity index (χ0) is 22.6. The lowest BCUT2D eigenvalue weighted by molar-refractivity contribution is -0.274. The van der Waals surface area contributed by atoms with Gasteiger partial charge in [-0.25, -0.2) is 0 Å². The van der Waals surface area contributed by atoms with Gasteiger partial charge in [-0.05, 0) is 49.9 Å². The number of ether oxygens (including phenoxy) is 1. The second-order valence-electron chi connectivity index (χ2n) is 7.02. The fourth-order valence-corrected chi connectivity index (χ4v) is 3.21. The third-order valence-electron chi connectivity index (χ3n) is 4.58. The van der Waals surface area contributed by atoms with E-state index >= 15 is 0 Å². The van der Waals surface area contributed by atoms with Crippen LogP contribution in [0.5, 0.6) is 5.75 Å². The van der Waals surface area contributed by atoms with Crippen molar-refractivity contribution >= 4 is 23.4 Å². The molecular formula is C21H20F3N3O4. The standard InChI is InChI=1S/C21H20F3N3O4/c1-26(11-4-12-27-19(29)16-5-2-3-6-17(16)20(27)30)13-18(28)25-14-7-9-15(10-8-14)31-21(22,23)24/h2-3,5-10H,4,11-13H2,1H3,(H,25,28). The molecule has 0 fully saturated rings. The molecule has 3 rings (SSSR count). The summed E-state index contributed by atoms with van der Waals surface area (Å²) in [5.74, 6) is -1.37. The Hall–Kier alpha value is -3.40. The molecule has 0 atom stereocenters. The smallest absolute Gasteiger partial charge is 0.406 e. The highest BCUT2D eigenvalue weighted by atomic mass is 19.4. The first kappa shape index (κ1) is 22.3. The van der Waals surface area contributed by atoms with Gasteiger partial charge in [0.25, 0.3) is 11.8 Å². The quantitative estimate of drug-likeness (QED) is 0.645. The number of rotatable bonds is 8. The van der Waals surface area contributed by atoms with Gasteiger partial charge in [0.1, 0.15) is 5.75 Å². The van der Waals surface area contributed by atoms with E-state index in [1.54, 1.807) is 36.2 Å². The molecule has 0 aliphatic carbocycles. The number of carbonyl (C=O) groups is 3. The third kappa shape index (κ3) is 5.82. The molecule has 164 valence electrons. The molecule has 2 aromatic rings. The molecule has 2 aromatic carbocycles. The molecule has 10 heteroatoms. The fraction of sp³-hybridized carbons (Fsp3) is 0.286. The zero-order valence-electron chi connectivity index (χ0n) is 16.6. The Morgan fingerprint density at radius 3 is 2.16 bits per heavy atom. The largest absolute Gasteiger partial charge is 0.573 e. The summed E-state index contributed by atoms with van der Waals surface area (Å²) >= 11 is 0. The van der Waals surface area contributed by atoms with Crippen molar-refractivity contribution in [1.82, 2.24) is 9.80 Å². The Morgan fingerprint density at radius 1 is 1.03 bits per heavy atom. The van der Waals surface area contributed by atoms with Crippen molar-refractivity contribution in [2.24, 2.45) is 0 Å². The van der Waals surface area contributed by atoms with Gasteiger partial charge >= 0.3 is 6.36 Å². The first-order chi connectivity index (χ1) is 14.6. The maximum atomic E-state index is 12.3. The number of anilines is 1. The number of nitrogens with one attached hydrogen (secondary N) is 1. The number of hydrogen-bond acceptors (Lipinski definition) is 5. The molecule has 1 heterocycles. The van der Waals surface area contributed by atoms with Crippen molar-refractivity contribution in [3.05, 3.63) is 59.7 Å². The van der Waals surface area contributed by atoms with Gasteiger partial charge in [-0.3, -0.25) is 24.2 Å². The molecule has 0 saturated heterocycles. The van der Waals surface area contributed by atoms with Gasteiger partial charge in [0, 0.05) is 18.8 Å². The summed E-state index contributed by atoms with van der Waals surface area (Å²) in [5, 5.41) is 2.58. The van der Waals surface area contributed by atoms with Crippen molar-refractivity contribution in [3.8, 4) is 5.75 Å². The Kier molecular flexibility index (Phi) is 6.59. The molecule has 3 amide bonds. The number of benzene rings is 2. The molecule has 0 radical (unpaired) electrons. The minimum atomic E-state index is -4.78. The highest BCUT2D eigenvalue weighted by Gasteiger charge is 2.34. The van der Waals surface area contributed by atoms with Crippen LogP contribution < -0.4 is 10.1 Å². The average Bonchev–Trinajstić information content (AvgIpc) is 2.93. The van der Waals surface area contributed by atoms with E-state index in [4.69, 9.17) is 0 Å². The van der Waals surface area contributed by atoms with E-state index in [2.05, 4.69) is 10.1 Å².